The Kier molecular flexibility index (Phi) is 6.37. The minimum Gasteiger partial charge on any atom is -0.507 e. The van der Waals surface area contributed by atoms with Crippen molar-refractivity contribution in [3.8, 4) is 50.3 Å². The summed E-state index contributed by atoms with van der Waals surface area (Å²) in [7, 11) is 0. The molecule has 9 aromatic carbocycles. The number of hydrogen-bond acceptors (Lipinski definition) is 2. The number of rotatable bonds is 4. The third-order valence-electron chi connectivity index (χ3n) is 10.1. The van der Waals surface area contributed by atoms with Gasteiger partial charge in [-0.25, -0.2) is 0 Å². The lowest BCUT2D eigenvalue weighted by Crippen LogP contribution is -1.92. The lowest BCUT2D eigenvalue weighted by atomic mass is 9.83. The third-order valence-corrected chi connectivity index (χ3v) is 10.1. The van der Waals surface area contributed by atoms with E-state index in [4.69, 9.17) is 4.42 Å². The van der Waals surface area contributed by atoms with E-state index in [2.05, 4.69) is 146 Å². The zero-order valence-corrected chi connectivity index (χ0v) is 27.1. The van der Waals surface area contributed by atoms with Crippen molar-refractivity contribution in [1.29, 1.82) is 0 Å². The quantitative estimate of drug-likeness (QED) is 0.195. The molecule has 1 N–H and O–H groups in total. The maximum atomic E-state index is 11.0. The summed E-state index contributed by atoms with van der Waals surface area (Å²) >= 11 is 0. The maximum absolute atomic E-state index is 11.0. The normalized spacial score (nSPS) is 11.7. The second-order valence-corrected chi connectivity index (χ2v) is 13.0. The molecular formula is C48H30O2. The van der Waals surface area contributed by atoms with Gasteiger partial charge in [-0.3, -0.25) is 0 Å². The molecule has 234 valence electrons. The molecule has 0 amide bonds. The fourth-order valence-electron chi connectivity index (χ4n) is 7.93. The molecule has 10 aromatic rings. The number of aromatic hydroxyl groups is 1. The molecule has 0 saturated carbocycles. The van der Waals surface area contributed by atoms with Crippen LogP contribution in [0.4, 0.5) is 0 Å². The Labute approximate surface area is 289 Å². The largest absolute Gasteiger partial charge is 0.507 e. The van der Waals surface area contributed by atoms with Crippen molar-refractivity contribution in [1.82, 2.24) is 0 Å². The molecule has 0 radical (unpaired) electrons. The van der Waals surface area contributed by atoms with Crippen LogP contribution in [0.1, 0.15) is 0 Å². The summed E-state index contributed by atoms with van der Waals surface area (Å²) in [5.41, 5.74) is 10.4. The van der Waals surface area contributed by atoms with Gasteiger partial charge >= 0.3 is 0 Å². The van der Waals surface area contributed by atoms with E-state index in [9.17, 15) is 5.11 Å². The molecule has 0 fully saturated rings. The summed E-state index contributed by atoms with van der Waals surface area (Å²) < 4.78 is 6.64. The van der Waals surface area contributed by atoms with Gasteiger partial charge in [0.2, 0.25) is 0 Å². The molecule has 0 unspecified atom stereocenters. The number of para-hydroxylation sites is 1. The van der Waals surface area contributed by atoms with Crippen molar-refractivity contribution < 1.29 is 9.52 Å². The fourth-order valence-corrected chi connectivity index (χ4v) is 7.93. The smallest absolute Gasteiger partial charge is 0.143 e. The van der Waals surface area contributed by atoms with Gasteiger partial charge in [0.1, 0.15) is 16.9 Å². The SMILES string of the molecule is Oc1ccccc1-c1cc(-c2ccccc2)cc(-c2c3ccccc3c(-c3cccc4oc5c6ccccc6ccc5c34)c3ccccc23)c1. The van der Waals surface area contributed by atoms with E-state index in [1.165, 1.54) is 38.1 Å². The second-order valence-electron chi connectivity index (χ2n) is 13.0. The summed E-state index contributed by atoms with van der Waals surface area (Å²) in [6.45, 7) is 0. The van der Waals surface area contributed by atoms with Crippen LogP contribution in [-0.2, 0) is 0 Å². The molecule has 0 spiro atoms. The lowest BCUT2D eigenvalue weighted by Gasteiger charge is -2.19. The van der Waals surface area contributed by atoms with Crippen molar-refractivity contribution in [2.24, 2.45) is 0 Å². The third kappa shape index (κ3) is 4.36. The van der Waals surface area contributed by atoms with Gasteiger partial charge in [-0.05, 0) is 102 Å². The molecule has 0 saturated heterocycles. The van der Waals surface area contributed by atoms with Gasteiger partial charge in [0.15, 0.2) is 0 Å². The van der Waals surface area contributed by atoms with Crippen LogP contribution in [0.5, 0.6) is 5.75 Å². The van der Waals surface area contributed by atoms with Gasteiger partial charge in [-0.1, -0.05) is 140 Å². The summed E-state index contributed by atoms with van der Waals surface area (Å²) in [5, 5.41) is 20.2. The Balaban J connectivity index is 1.31. The van der Waals surface area contributed by atoms with Gasteiger partial charge in [0.25, 0.3) is 0 Å². The Morgan fingerprint density at radius 3 is 1.68 bits per heavy atom. The molecule has 0 bridgehead atoms. The molecule has 0 atom stereocenters. The number of benzene rings is 9. The van der Waals surface area contributed by atoms with E-state index < -0.39 is 0 Å². The Morgan fingerprint density at radius 2 is 0.940 bits per heavy atom. The van der Waals surface area contributed by atoms with Crippen LogP contribution in [0, 0.1) is 0 Å². The molecule has 50 heavy (non-hydrogen) atoms. The molecule has 0 aliphatic rings. The lowest BCUT2D eigenvalue weighted by molar-refractivity contribution is 0.477. The van der Waals surface area contributed by atoms with E-state index in [1.54, 1.807) is 6.07 Å². The van der Waals surface area contributed by atoms with Crippen LogP contribution >= 0.6 is 0 Å². The van der Waals surface area contributed by atoms with Gasteiger partial charge in [-0.2, -0.15) is 0 Å². The van der Waals surface area contributed by atoms with E-state index in [1.807, 2.05) is 24.3 Å². The average Bonchev–Trinajstić information content (AvgIpc) is 3.57. The molecular weight excluding hydrogens is 609 g/mol. The number of furan rings is 1. The summed E-state index contributed by atoms with van der Waals surface area (Å²) in [6.07, 6.45) is 0. The molecule has 2 heteroatoms. The van der Waals surface area contributed by atoms with Crippen molar-refractivity contribution >= 4 is 54.3 Å². The highest BCUT2D eigenvalue weighted by molar-refractivity contribution is 6.27. The molecule has 0 aliphatic carbocycles. The monoisotopic (exact) mass is 638 g/mol. The maximum Gasteiger partial charge on any atom is 0.143 e. The first-order valence-electron chi connectivity index (χ1n) is 17.0. The number of hydrogen-bond donors (Lipinski definition) is 1. The van der Waals surface area contributed by atoms with Gasteiger partial charge in [0.05, 0.1) is 0 Å². The van der Waals surface area contributed by atoms with Gasteiger partial charge in [-0.15, -0.1) is 0 Å². The minimum absolute atomic E-state index is 0.266. The van der Waals surface area contributed by atoms with Crippen LogP contribution in [-0.4, -0.2) is 5.11 Å². The second kappa shape index (κ2) is 11.2. The predicted octanol–water partition coefficient (Wildman–Crippen LogP) is 13.4. The van der Waals surface area contributed by atoms with E-state index in [0.717, 1.165) is 60.7 Å². The minimum atomic E-state index is 0.266. The summed E-state index contributed by atoms with van der Waals surface area (Å²) in [4.78, 5) is 0. The number of fused-ring (bicyclic) bond motifs is 7. The highest BCUT2D eigenvalue weighted by atomic mass is 16.3. The van der Waals surface area contributed by atoms with Crippen LogP contribution < -0.4 is 0 Å². The topological polar surface area (TPSA) is 33.4 Å². The molecule has 1 heterocycles. The zero-order valence-electron chi connectivity index (χ0n) is 27.1. The molecule has 2 nitrogen and oxygen atoms in total. The Hall–Kier alpha value is -6.64. The summed E-state index contributed by atoms with van der Waals surface area (Å²) in [6, 6.07) is 61.6. The van der Waals surface area contributed by atoms with Gasteiger partial charge < -0.3 is 9.52 Å². The van der Waals surface area contributed by atoms with Crippen LogP contribution in [0.3, 0.4) is 0 Å². The molecule has 10 rings (SSSR count). The zero-order chi connectivity index (χ0) is 33.2. The van der Waals surface area contributed by atoms with Crippen LogP contribution in [0.15, 0.2) is 180 Å². The standard InChI is InChI=1S/C48H30O2/c49-43-23-11-10-16-35(43)33-27-32(30-13-2-1-3-14-30)28-34(29-33)45-37-18-6-8-20-39(37)46(40-21-9-7-19-38(40)45)41-22-12-24-44-47(41)42-26-25-31-15-4-5-17-36(31)48(42)50-44/h1-29,49H. The number of phenols is 1. The van der Waals surface area contributed by atoms with Crippen molar-refractivity contribution in [2.45, 2.75) is 0 Å². The highest BCUT2D eigenvalue weighted by Crippen LogP contribution is 2.48. The first kappa shape index (κ1) is 28.4. The first-order valence-corrected chi connectivity index (χ1v) is 17.0. The molecule has 1 aromatic heterocycles. The number of phenolic OH excluding ortho intramolecular Hbond substituents is 1. The average molecular weight is 639 g/mol. The Bertz CT molecular complexity index is 2880. The van der Waals surface area contributed by atoms with Gasteiger partial charge in [0, 0.05) is 21.7 Å². The van der Waals surface area contributed by atoms with E-state index in [-0.39, 0.29) is 5.75 Å². The Morgan fingerprint density at radius 1 is 0.360 bits per heavy atom. The van der Waals surface area contributed by atoms with Crippen molar-refractivity contribution in [2.75, 3.05) is 0 Å². The van der Waals surface area contributed by atoms with Crippen LogP contribution in [0.25, 0.3) is 98.8 Å². The van der Waals surface area contributed by atoms with E-state index >= 15 is 0 Å². The first-order chi connectivity index (χ1) is 24.7. The highest BCUT2D eigenvalue weighted by Gasteiger charge is 2.21. The van der Waals surface area contributed by atoms with Crippen molar-refractivity contribution in [3.63, 3.8) is 0 Å². The molecule has 0 aliphatic heterocycles. The van der Waals surface area contributed by atoms with Crippen LogP contribution in [0.2, 0.25) is 0 Å². The van der Waals surface area contributed by atoms with E-state index in [0.29, 0.717) is 0 Å². The summed E-state index contributed by atoms with van der Waals surface area (Å²) in [5.74, 6) is 0.266. The predicted molar refractivity (Wildman–Crippen MR) is 210 cm³/mol. The van der Waals surface area contributed by atoms with Crippen molar-refractivity contribution in [3.05, 3.63) is 176 Å². The fraction of sp³-hybridized carbons (Fsp3) is 0.